The highest BCUT2D eigenvalue weighted by Gasteiger charge is 2.31. The number of methoxy groups -OCH3 is 1. The van der Waals surface area contributed by atoms with Gasteiger partial charge in [0, 0.05) is 6.20 Å². The molecule has 11 heteroatoms. The minimum absolute atomic E-state index is 0.125. The van der Waals surface area contributed by atoms with Crippen LogP contribution in [0.3, 0.4) is 0 Å². The topological polar surface area (TPSA) is 81.9 Å². The number of pyridine rings is 1. The second-order valence-corrected chi connectivity index (χ2v) is 7.15. The second kappa shape index (κ2) is 8.19. The molecule has 0 radical (unpaired) electrons. The van der Waals surface area contributed by atoms with Crippen LogP contribution < -0.4 is 10.1 Å². The maximum Gasteiger partial charge on any atom is 0.416 e. The lowest BCUT2D eigenvalue weighted by atomic mass is 10.2. The predicted molar refractivity (Wildman–Crippen MR) is 108 cm³/mol. The summed E-state index contributed by atoms with van der Waals surface area (Å²) in [6, 6.07) is 11.4. The number of ether oxygens (including phenoxy) is 1. The molecule has 4 aromatic rings. The Morgan fingerprint density at radius 3 is 2.71 bits per heavy atom. The van der Waals surface area contributed by atoms with Crippen LogP contribution in [0, 0.1) is 0 Å². The summed E-state index contributed by atoms with van der Waals surface area (Å²) >= 11 is 1.32. The predicted octanol–water partition coefficient (Wildman–Crippen LogP) is 4.67. The monoisotopic (exact) mass is 445 g/mol. The van der Waals surface area contributed by atoms with Crippen LogP contribution in [0.2, 0.25) is 0 Å². The molecule has 1 amide bonds. The zero-order chi connectivity index (χ0) is 22.0. The Labute approximate surface area is 178 Å². The normalized spacial score (nSPS) is 11.4. The van der Waals surface area contributed by atoms with Crippen LogP contribution in [0.5, 0.6) is 5.75 Å². The largest absolute Gasteiger partial charge is 0.493 e. The van der Waals surface area contributed by atoms with Gasteiger partial charge in [-0.15, -0.1) is 16.4 Å². The lowest BCUT2D eigenvalue weighted by Crippen LogP contribution is -2.16. The molecule has 3 heterocycles. The van der Waals surface area contributed by atoms with E-state index in [-0.39, 0.29) is 23.2 Å². The van der Waals surface area contributed by atoms with E-state index in [9.17, 15) is 18.0 Å². The quantitative estimate of drug-likeness (QED) is 0.483. The summed E-state index contributed by atoms with van der Waals surface area (Å²) in [5.74, 6) is -0.156. The average Bonchev–Trinajstić information content (AvgIpc) is 3.43. The number of nitrogens with one attached hydrogen (secondary N) is 1. The summed E-state index contributed by atoms with van der Waals surface area (Å²) in [5.41, 5.74) is -0.706. The highest BCUT2D eigenvalue weighted by Crippen LogP contribution is 2.32. The summed E-state index contributed by atoms with van der Waals surface area (Å²) in [5, 5.41) is 8.53. The fraction of sp³-hybridized carbons (Fsp3) is 0.100. The van der Waals surface area contributed by atoms with E-state index in [1.165, 1.54) is 41.5 Å². The summed E-state index contributed by atoms with van der Waals surface area (Å²) in [7, 11) is 1.43. The van der Waals surface area contributed by atoms with Gasteiger partial charge in [-0.2, -0.15) is 13.2 Å². The Hall–Kier alpha value is -3.73. The number of carbonyl (C=O) groups is 1. The lowest BCUT2D eigenvalue weighted by Gasteiger charge is -2.09. The van der Waals surface area contributed by atoms with Crippen LogP contribution in [-0.2, 0) is 6.18 Å². The summed E-state index contributed by atoms with van der Waals surface area (Å²) in [6.45, 7) is 0. The van der Waals surface area contributed by atoms with Gasteiger partial charge in [0.05, 0.1) is 23.2 Å². The van der Waals surface area contributed by atoms with Gasteiger partial charge in [0.2, 0.25) is 5.82 Å². The number of hydrogen-bond donors (Lipinski definition) is 1. The average molecular weight is 445 g/mol. The Morgan fingerprint density at radius 1 is 1.16 bits per heavy atom. The molecule has 31 heavy (non-hydrogen) atoms. The number of rotatable bonds is 5. The zero-order valence-electron chi connectivity index (χ0n) is 15.9. The third-order valence-corrected chi connectivity index (χ3v) is 5.06. The molecule has 1 N–H and O–H groups in total. The standard InChI is InChI=1S/C20H14F3N5O2S/c1-30-14-7-3-9-24-16(14)26-19(29)17-25-18(15-8-4-10-31-15)28(27-17)13-6-2-5-12(11-13)20(21,22)23/h2-11H,1H3,(H,24,26,29). The molecule has 4 rings (SSSR count). The van der Waals surface area contributed by atoms with Crippen LogP contribution in [-0.4, -0.2) is 32.8 Å². The van der Waals surface area contributed by atoms with Gasteiger partial charge in [0.1, 0.15) is 0 Å². The number of amides is 1. The second-order valence-electron chi connectivity index (χ2n) is 6.20. The number of nitrogens with zero attached hydrogens (tertiary/aromatic N) is 4. The van der Waals surface area contributed by atoms with E-state index in [2.05, 4.69) is 20.4 Å². The van der Waals surface area contributed by atoms with Crippen molar-refractivity contribution >= 4 is 23.1 Å². The Balaban J connectivity index is 1.76. The third kappa shape index (κ3) is 4.26. The van der Waals surface area contributed by atoms with Crippen molar-refractivity contribution in [1.29, 1.82) is 0 Å². The number of benzene rings is 1. The molecule has 0 saturated heterocycles. The first-order chi connectivity index (χ1) is 14.9. The summed E-state index contributed by atoms with van der Waals surface area (Å²) in [4.78, 5) is 21.7. The SMILES string of the molecule is COc1cccnc1NC(=O)c1nc(-c2cccs2)n(-c2cccc(C(F)(F)F)c2)n1. The third-order valence-electron chi connectivity index (χ3n) is 4.19. The lowest BCUT2D eigenvalue weighted by molar-refractivity contribution is -0.137. The van der Waals surface area contributed by atoms with Gasteiger partial charge in [-0.3, -0.25) is 4.79 Å². The maximum atomic E-state index is 13.2. The zero-order valence-corrected chi connectivity index (χ0v) is 16.7. The molecule has 0 saturated carbocycles. The van der Waals surface area contributed by atoms with Gasteiger partial charge < -0.3 is 10.1 Å². The molecule has 158 valence electrons. The Bertz CT molecular complexity index is 1220. The van der Waals surface area contributed by atoms with Gasteiger partial charge in [-0.25, -0.2) is 14.6 Å². The van der Waals surface area contributed by atoms with E-state index in [4.69, 9.17) is 4.74 Å². The molecular formula is C20H14F3N5O2S. The van der Waals surface area contributed by atoms with Crippen LogP contribution in [0.1, 0.15) is 16.2 Å². The van der Waals surface area contributed by atoms with Crippen molar-refractivity contribution in [1.82, 2.24) is 19.7 Å². The number of hydrogen-bond acceptors (Lipinski definition) is 6. The number of carbonyl (C=O) groups excluding carboxylic acids is 1. The van der Waals surface area contributed by atoms with E-state index >= 15 is 0 Å². The molecule has 0 fully saturated rings. The Morgan fingerprint density at radius 2 is 2.00 bits per heavy atom. The first-order valence-electron chi connectivity index (χ1n) is 8.86. The van der Waals surface area contributed by atoms with Gasteiger partial charge in [0.15, 0.2) is 17.4 Å². The molecule has 7 nitrogen and oxygen atoms in total. The van der Waals surface area contributed by atoms with Crippen LogP contribution >= 0.6 is 11.3 Å². The molecule has 0 aliphatic carbocycles. The highest BCUT2D eigenvalue weighted by molar-refractivity contribution is 7.13. The molecule has 0 bridgehead atoms. The van der Waals surface area contributed by atoms with E-state index in [1.54, 1.807) is 29.6 Å². The van der Waals surface area contributed by atoms with Crippen LogP contribution in [0.15, 0.2) is 60.1 Å². The van der Waals surface area contributed by atoms with Crippen molar-refractivity contribution in [2.24, 2.45) is 0 Å². The molecule has 3 aromatic heterocycles. The van der Waals surface area contributed by atoms with Crippen LogP contribution in [0.4, 0.5) is 19.0 Å². The molecule has 0 aliphatic rings. The van der Waals surface area contributed by atoms with Crippen molar-refractivity contribution in [2.75, 3.05) is 12.4 Å². The van der Waals surface area contributed by atoms with E-state index < -0.39 is 17.6 Å². The van der Waals surface area contributed by atoms with Crippen molar-refractivity contribution in [3.63, 3.8) is 0 Å². The summed E-state index contributed by atoms with van der Waals surface area (Å²) in [6.07, 6.45) is -3.04. The van der Waals surface area contributed by atoms with Crippen molar-refractivity contribution < 1.29 is 22.7 Å². The first-order valence-corrected chi connectivity index (χ1v) is 9.73. The summed E-state index contributed by atoms with van der Waals surface area (Å²) < 4.78 is 45.9. The fourth-order valence-electron chi connectivity index (χ4n) is 2.78. The molecule has 0 atom stereocenters. The Kier molecular flexibility index (Phi) is 5.42. The fourth-order valence-corrected chi connectivity index (χ4v) is 3.48. The highest BCUT2D eigenvalue weighted by atomic mass is 32.1. The number of aromatic nitrogens is 4. The van der Waals surface area contributed by atoms with E-state index in [0.717, 1.165) is 12.1 Å². The van der Waals surface area contributed by atoms with Crippen LogP contribution in [0.25, 0.3) is 16.4 Å². The molecule has 1 aromatic carbocycles. The minimum atomic E-state index is -4.52. The number of thiophene rings is 1. The number of alkyl halides is 3. The molecule has 0 unspecified atom stereocenters. The minimum Gasteiger partial charge on any atom is -0.493 e. The van der Waals surface area contributed by atoms with Gasteiger partial charge in [-0.1, -0.05) is 12.1 Å². The van der Waals surface area contributed by atoms with Gasteiger partial charge >= 0.3 is 6.18 Å². The van der Waals surface area contributed by atoms with Gasteiger partial charge in [-0.05, 0) is 41.8 Å². The van der Waals surface area contributed by atoms with Crippen molar-refractivity contribution in [3.05, 3.63) is 71.5 Å². The van der Waals surface area contributed by atoms with Gasteiger partial charge in [0.25, 0.3) is 5.91 Å². The first kappa shape index (κ1) is 20.5. The molecular weight excluding hydrogens is 431 g/mol. The van der Waals surface area contributed by atoms with E-state index in [1.807, 2.05) is 0 Å². The smallest absolute Gasteiger partial charge is 0.416 e. The van der Waals surface area contributed by atoms with Crippen molar-refractivity contribution in [2.45, 2.75) is 6.18 Å². The molecule has 0 spiro atoms. The number of halogens is 3. The van der Waals surface area contributed by atoms with E-state index in [0.29, 0.717) is 10.6 Å². The van der Waals surface area contributed by atoms with Crippen molar-refractivity contribution in [3.8, 4) is 22.1 Å². The maximum absolute atomic E-state index is 13.2. The molecule has 0 aliphatic heterocycles. The number of anilines is 1.